The molecule has 0 heterocycles. The monoisotopic (exact) mass is 642 g/mol. The molecule has 0 radical (unpaired) electrons. The van der Waals surface area contributed by atoms with Gasteiger partial charge in [0, 0.05) is 33.5 Å². The molecule has 0 unspecified atom stereocenters. The summed E-state index contributed by atoms with van der Waals surface area (Å²) in [5, 5.41) is 10.2. The van der Waals surface area contributed by atoms with Crippen LogP contribution in [0.1, 0.15) is 22.3 Å². The molecule has 2 heteroatoms. The first-order valence-corrected chi connectivity index (χ1v) is 17.4. The molecule has 0 saturated heterocycles. The van der Waals surface area contributed by atoms with Crippen LogP contribution in [0, 0.1) is 27.7 Å². The lowest BCUT2D eigenvalue weighted by Crippen LogP contribution is -2.11. The molecular formula is C48H38N2. The average Bonchev–Trinajstić information content (AvgIpc) is 3.14. The molecule has 9 rings (SSSR count). The smallest absolute Gasteiger partial charge is 0.0540 e. The van der Waals surface area contributed by atoms with Gasteiger partial charge in [-0.15, -0.1) is 0 Å². The van der Waals surface area contributed by atoms with Gasteiger partial charge in [0.25, 0.3) is 0 Å². The molecule has 0 atom stereocenters. The average molecular weight is 643 g/mol. The maximum atomic E-state index is 2.40. The predicted octanol–water partition coefficient (Wildman–Crippen LogP) is 13.9. The van der Waals surface area contributed by atoms with Crippen molar-refractivity contribution < 1.29 is 0 Å². The number of anilines is 6. The molecule has 9 aromatic carbocycles. The van der Waals surface area contributed by atoms with Gasteiger partial charge in [0.15, 0.2) is 0 Å². The maximum absolute atomic E-state index is 2.40. The lowest BCUT2D eigenvalue weighted by Gasteiger charge is -2.29. The highest BCUT2D eigenvalue weighted by Gasteiger charge is 2.22. The van der Waals surface area contributed by atoms with Crippen molar-refractivity contribution in [2.24, 2.45) is 0 Å². The zero-order valence-corrected chi connectivity index (χ0v) is 28.9. The molecular weight excluding hydrogens is 605 g/mol. The third-order valence-corrected chi connectivity index (χ3v) is 10.3. The molecule has 9 aromatic rings. The summed E-state index contributed by atoms with van der Waals surface area (Å²) in [5.74, 6) is 0. The lowest BCUT2D eigenvalue weighted by atomic mass is 9.88. The third-order valence-electron chi connectivity index (χ3n) is 10.3. The van der Waals surface area contributed by atoms with Crippen molar-refractivity contribution in [1.82, 2.24) is 0 Å². The summed E-state index contributed by atoms with van der Waals surface area (Å²) >= 11 is 0. The largest absolute Gasteiger partial charge is 0.310 e. The fourth-order valence-corrected chi connectivity index (χ4v) is 7.70. The van der Waals surface area contributed by atoms with E-state index in [0.717, 1.165) is 22.7 Å². The number of rotatable bonds is 6. The molecule has 0 amide bonds. The van der Waals surface area contributed by atoms with Crippen LogP contribution in [0.5, 0.6) is 0 Å². The summed E-state index contributed by atoms with van der Waals surface area (Å²) in [5.41, 5.74) is 12.0. The maximum Gasteiger partial charge on any atom is 0.0540 e. The molecule has 0 aliphatic heterocycles. The zero-order valence-electron chi connectivity index (χ0n) is 28.9. The van der Waals surface area contributed by atoms with Crippen molar-refractivity contribution in [3.8, 4) is 0 Å². The van der Waals surface area contributed by atoms with Crippen LogP contribution in [0.2, 0.25) is 0 Å². The van der Waals surface area contributed by atoms with E-state index >= 15 is 0 Å². The van der Waals surface area contributed by atoms with Gasteiger partial charge in [0.2, 0.25) is 0 Å². The van der Waals surface area contributed by atoms with Crippen LogP contribution in [0.3, 0.4) is 0 Å². The normalized spacial score (nSPS) is 11.6. The summed E-state index contributed by atoms with van der Waals surface area (Å²) in [6, 6.07) is 58.5. The fourth-order valence-electron chi connectivity index (χ4n) is 7.70. The highest BCUT2D eigenvalue weighted by atomic mass is 15.1. The van der Waals surface area contributed by atoms with Gasteiger partial charge in [-0.1, -0.05) is 119 Å². The first-order valence-electron chi connectivity index (χ1n) is 17.4. The number of nitrogens with zero attached hydrogens (tertiary/aromatic N) is 2. The zero-order chi connectivity index (χ0) is 33.9. The summed E-state index contributed by atoms with van der Waals surface area (Å²) < 4.78 is 0. The van der Waals surface area contributed by atoms with E-state index in [2.05, 4.69) is 195 Å². The van der Waals surface area contributed by atoms with Crippen LogP contribution in [-0.4, -0.2) is 0 Å². The molecule has 2 nitrogen and oxygen atoms in total. The van der Waals surface area contributed by atoms with E-state index in [1.807, 2.05) is 0 Å². The molecule has 240 valence electrons. The Bertz CT molecular complexity index is 2350. The number of benzene rings is 9. The standard InChI is InChI=1S/C48H38N2/c1-31-11-19-35(20-12-31)49(36-21-13-32(2)14-22-36)45-29-27-41-42-28-30-46(44-10-6-8-40(48(42)44)39-7-5-9-43(45)47(39)41)50(37-23-15-33(3)16-24-37)38-25-17-34(4)18-26-38/h5-30H,1-4H3. The highest BCUT2D eigenvalue weighted by Crippen LogP contribution is 2.48. The molecule has 50 heavy (non-hydrogen) atoms. The Kier molecular flexibility index (Phi) is 7.07. The first-order chi connectivity index (χ1) is 24.4. The number of hydrogen-bond acceptors (Lipinski definition) is 2. The SMILES string of the molecule is Cc1ccc(N(c2ccc(C)cc2)c2ccc3c4ccc(N(c5ccc(C)cc5)c5ccc(C)cc5)c5cccc(c6cccc2c63)c54)cc1. The lowest BCUT2D eigenvalue weighted by molar-refractivity contribution is 1.28. The molecule has 0 aliphatic rings. The Balaban J connectivity index is 1.31. The molecule has 0 fully saturated rings. The summed E-state index contributed by atoms with van der Waals surface area (Å²) in [6.45, 7) is 8.58. The topological polar surface area (TPSA) is 6.48 Å². The van der Waals surface area contributed by atoms with Crippen LogP contribution >= 0.6 is 0 Å². The molecule has 0 N–H and O–H groups in total. The highest BCUT2D eigenvalue weighted by molar-refractivity contribution is 6.35. The minimum absolute atomic E-state index is 1.15. The molecule has 0 aliphatic carbocycles. The van der Waals surface area contributed by atoms with Gasteiger partial charge in [-0.05, 0) is 121 Å². The van der Waals surface area contributed by atoms with Crippen LogP contribution in [0.15, 0.2) is 158 Å². The summed E-state index contributed by atoms with van der Waals surface area (Å²) in [6.07, 6.45) is 0. The van der Waals surface area contributed by atoms with Gasteiger partial charge in [-0.25, -0.2) is 0 Å². The Morgan fingerprint density at radius 2 is 0.520 bits per heavy atom. The Morgan fingerprint density at radius 1 is 0.260 bits per heavy atom. The second-order valence-electron chi connectivity index (χ2n) is 13.7. The number of fused-ring (bicyclic) bond motifs is 2. The van der Waals surface area contributed by atoms with E-state index in [1.165, 1.54) is 76.7 Å². The molecule has 0 spiro atoms. The summed E-state index contributed by atoms with van der Waals surface area (Å²) in [4.78, 5) is 4.81. The van der Waals surface area contributed by atoms with Crippen molar-refractivity contribution in [1.29, 1.82) is 0 Å². The van der Waals surface area contributed by atoms with Crippen LogP contribution in [-0.2, 0) is 0 Å². The van der Waals surface area contributed by atoms with Crippen molar-refractivity contribution in [3.63, 3.8) is 0 Å². The van der Waals surface area contributed by atoms with E-state index in [9.17, 15) is 0 Å². The quantitative estimate of drug-likeness (QED) is 0.132. The minimum Gasteiger partial charge on any atom is -0.310 e. The van der Waals surface area contributed by atoms with Crippen LogP contribution in [0.4, 0.5) is 34.1 Å². The van der Waals surface area contributed by atoms with Crippen molar-refractivity contribution in [3.05, 3.63) is 180 Å². The Hall–Kier alpha value is -6.12. The first kappa shape index (κ1) is 30.0. The molecule has 0 bridgehead atoms. The molecule has 0 aromatic heterocycles. The summed E-state index contributed by atoms with van der Waals surface area (Å²) in [7, 11) is 0. The van der Waals surface area contributed by atoms with Crippen LogP contribution in [0.25, 0.3) is 43.1 Å². The Labute approximate surface area is 293 Å². The third kappa shape index (κ3) is 4.87. The minimum atomic E-state index is 1.15. The van der Waals surface area contributed by atoms with Crippen molar-refractivity contribution >= 4 is 77.2 Å². The fraction of sp³-hybridized carbons (Fsp3) is 0.0833. The Morgan fingerprint density at radius 3 is 0.820 bits per heavy atom. The van der Waals surface area contributed by atoms with Crippen LogP contribution < -0.4 is 9.80 Å². The van der Waals surface area contributed by atoms with E-state index in [-0.39, 0.29) is 0 Å². The van der Waals surface area contributed by atoms with Gasteiger partial charge >= 0.3 is 0 Å². The van der Waals surface area contributed by atoms with E-state index in [1.54, 1.807) is 0 Å². The van der Waals surface area contributed by atoms with Gasteiger partial charge in [-0.3, -0.25) is 0 Å². The number of hydrogen-bond donors (Lipinski definition) is 0. The second-order valence-corrected chi connectivity index (χ2v) is 13.7. The van der Waals surface area contributed by atoms with Gasteiger partial charge in [0.1, 0.15) is 0 Å². The van der Waals surface area contributed by atoms with E-state index in [0.29, 0.717) is 0 Å². The van der Waals surface area contributed by atoms with Crippen molar-refractivity contribution in [2.45, 2.75) is 27.7 Å². The molecule has 0 saturated carbocycles. The van der Waals surface area contributed by atoms with E-state index < -0.39 is 0 Å². The number of aryl methyl sites for hydroxylation is 4. The van der Waals surface area contributed by atoms with Crippen molar-refractivity contribution in [2.75, 3.05) is 9.80 Å². The van der Waals surface area contributed by atoms with E-state index in [4.69, 9.17) is 0 Å². The van der Waals surface area contributed by atoms with Gasteiger partial charge in [-0.2, -0.15) is 0 Å². The van der Waals surface area contributed by atoms with Gasteiger partial charge in [0.05, 0.1) is 11.4 Å². The van der Waals surface area contributed by atoms with Gasteiger partial charge < -0.3 is 9.80 Å². The second kappa shape index (κ2) is 11.8. The predicted molar refractivity (Wildman–Crippen MR) is 216 cm³/mol.